The smallest absolute Gasteiger partial charge is 0.148 e. The van der Waals surface area contributed by atoms with Crippen LogP contribution >= 0.6 is 0 Å². The SMILES string of the molecule is Cc1cc(C[Si](C)(C)C)ccc1-c1ccc(-c2ccnc(-c3[c-]c(-c4cccc5c4nc(-c4cc(C(C)(C)C)cc(C(C)(C)C)c4O)n5-c4ccc(C(C)(C)C)cc4-c4ccccc4)cc(C(C)(C)C)c3)c2)cc1.[Pt]. The molecule has 0 radical (unpaired) electrons. The van der Waals surface area contributed by atoms with Crippen LogP contribution in [0.2, 0.25) is 19.6 Å². The molecule has 0 aliphatic carbocycles. The fourth-order valence-corrected chi connectivity index (χ4v) is 11.7. The third-order valence-electron chi connectivity index (χ3n) is 14.5. The second-order valence-electron chi connectivity index (χ2n) is 26.1. The normalized spacial score (nSPS) is 12.5. The summed E-state index contributed by atoms with van der Waals surface area (Å²) in [5.74, 6) is 0.936. The minimum atomic E-state index is -1.21. The van der Waals surface area contributed by atoms with Crippen LogP contribution in [0.1, 0.15) is 116 Å². The van der Waals surface area contributed by atoms with Gasteiger partial charge in [-0.25, -0.2) is 4.98 Å². The van der Waals surface area contributed by atoms with Gasteiger partial charge in [-0.15, -0.1) is 29.3 Å². The Balaban J connectivity index is 0.00000747. The summed E-state index contributed by atoms with van der Waals surface area (Å²) in [6.07, 6.45) is 1.92. The van der Waals surface area contributed by atoms with E-state index in [9.17, 15) is 5.11 Å². The van der Waals surface area contributed by atoms with E-state index in [1.165, 1.54) is 39.4 Å². The molecule has 6 heteroatoms. The molecule has 7 aromatic carbocycles. The first kappa shape index (κ1) is 55.1. The van der Waals surface area contributed by atoms with Crippen LogP contribution in [0.25, 0.3) is 83.9 Å². The van der Waals surface area contributed by atoms with E-state index in [0.717, 1.165) is 72.5 Å². The van der Waals surface area contributed by atoms with Gasteiger partial charge in [0.05, 0.1) is 22.3 Å². The number of rotatable bonds is 9. The van der Waals surface area contributed by atoms with Gasteiger partial charge in [-0.1, -0.05) is 223 Å². The summed E-state index contributed by atoms with van der Waals surface area (Å²) in [7, 11) is -1.21. The van der Waals surface area contributed by atoms with Gasteiger partial charge in [0, 0.05) is 52.2 Å². The number of phenols is 1. The third-order valence-corrected chi connectivity index (χ3v) is 16.0. The van der Waals surface area contributed by atoms with E-state index in [2.05, 4.69) is 266 Å². The van der Waals surface area contributed by atoms with Crippen LogP contribution in [0.15, 0.2) is 152 Å². The zero-order chi connectivity index (χ0) is 53.3. The fourth-order valence-electron chi connectivity index (χ4n) is 10.3. The topological polar surface area (TPSA) is 50.9 Å². The summed E-state index contributed by atoms with van der Waals surface area (Å²) >= 11 is 0. The first-order chi connectivity index (χ1) is 34.6. The summed E-state index contributed by atoms with van der Waals surface area (Å²) in [4.78, 5) is 10.7. The van der Waals surface area contributed by atoms with Gasteiger partial charge in [-0.2, -0.15) is 0 Å². The Labute approximate surface area is 464 Å². The Bertz CT molecular complexity index is 3550. The molecule has 2 aromatic heterocycles. The van der Waals surface area contributed by atoms with Crippen LogP contribution in [-0.2, 0) is 48.8 Å². The van der Waals surface area contributed by atoms with Gasteiger partial charge in [-0.3, -0.25) is 9.55 Å². The monoisotopic (exact) mass is 1190 g/mol. The van der Waals surface area contributed by atoms with Crippen LogP contribution in [0, 0.1) is 13.0 Å². The number of aromatic hydroxyl groups is 1. The summed E-state index contributed by atoms with van der Waals surface area (Å²) < 4.78 is 2.29. The standard InChI is InChI=1S/C69H76N3OSi.Pt/c1-44-35-45(43-74(14,15)16)25-31-55(44)48-28-26-46(27-29-48)49-33-34-70-60(39-49)51-36-50(37-53(38-51)67(5,6)7)56-23-20-24-62-63(56)71-65(58-41-54(68(8,9)10)42-59(64(58)73)69(11,12)13)72(62)61-32-30-52(66(2,3)4)40-57(61)47-21-18-17-19-22-47;/h17-35,37-42,73H,43H2,1-16H3;/q-1;. The molecule has 0 fully saturated rings. The molecule has 388 valence electrons. The maximum Gasteiger partial charge on any atom is 0.148 e. The molecular weight excluding hydrogens is 1110 g/mol. The van der Waals surface area contributed by atoms with Crippen LogP contribution < -0.4 is 0 Å². The van der Waals surface area contributed by atoms with Gasteiger partial charge < -0.3 is 5.11 Å². The minimum Gasteiger partial charge on any atom is -0.507 e. The molecule has 0 aliphatic rings. The van der Waals surface area contributed by atoms with E-state index in [1.54, 1.807) is 0 Å². The van der Waals surface area contributed by atoms with Crippen molar-refractivity contribution >= 4 is 19.1 Å². The molecule has 0 saturated carbocycles. The van der Waals surface area contributed by atoms with Crippen molar-refractivity contribution in [3.05, 3.63) is 191 Å². The Morgan fingerprint density at radius 3 is 1.76 bits per heavy atom. The number of aryl methyl sites for hydroxylation is 1. The van der Waals surface area contributed by atoms with Crippen LogP contribution in [-0.4, -0.2) is 27.7 Å². The number of hydrogen-bond donors (Lipinski definition) is 1. The number of fused-ring (bicyclic) bond motifs is 1. The first-order valence-electron chi connectivity index (χ1n) is 26.5. The molecule has 1 N–H and O–H groups in total. The van der Waals surface area contributed by atoms with E-state index in [-0.39, 0.29) is 48.5 Å². The predicted molar refractivity (Wildman–Crippen MR) is 319 cm³/mol. The average molecular weight is 1190 g/mol. The van der Waals surface area contributed by atoms with Gasteiger partial charge in [0.1, 0.15) is 11.6 Å². The summed E-state index contributed by atoms with van der Waals surface area (Å²) in [5.41, 5.74) is 20.5. The molecule has 2 heterocycles. The molecule has 0 spiro atoms. The van der Waals surface area contributed by atoms with Crippen molar-refractivity contribution in [2.24, 2.45) is 0 Å². The number of phenolic OH excluding ortho intramolecular Hbond substituents is 1. The van der Waals surface area contributed by atoms with Gasteiger partial charge in [0.15, 0.2) is 0 Å². The molecule has 0 atom stereocenters. The molecule has 0 bridgehead atoms. The van der Waals surface area contributed by atoms with Crippen LogP contribution in [0.5, 0.6) is 5.75 Å². The van der Waals surface area contributed by atoms with E-state index < -0.39 is 8.07 Å². The maximum atomic E-state index is 12.6. The van der Waals surface area contributed by atoms with Crippen molar-refractivity contribution in [3.8, 4) is 78.6 Å². The summed E-state index contributed by atoms with van der Waals surface area (Å²) in [5, 5.41) is 12.6. The zero-order valence-corrected chi connectivity index (χ0v) is 50.5. The van der Waals surface area contributed by atoms with Gasteiger partial charge >= 0.3 is 0 Å². The van der Waals surface area contributed by atoms with Gasteiger partial charge in [-0.05, 0) is 109 Å². The number of nitrogens with zero attached hydrogens (tertiary/aromatic N) is 3. The van der Waals surface area contributed by atoms with Crippen molar-refractivity contribution in [2.45, 2.75) is 137 Å². The Hall–Kier alpha value is -6.13. The van der Waals surface area contributed by atoms with Gasteiger partial charge in [0.2, 0.25) is 0 Å². The quantitative estimate of drug-likeness (QED) is 0.116. The van der Waals surface area contributed by atoms with E-state index >= 15 is 0 Å². The fraction of sp³-hybridized carbons (Fsp3) is 0.304. The first-order valence-corrected chi connectivity index (χ1v) is 30.2. The van der Waals surface area contributed by atoms with E-state index in [1.807, 2.05) is 6.20 Å². The van der Waals surface area contributed by atoms with Crippen LogP contribution in [0.4, 0.5) is 0 Å². The largest absolute Gasteiger partial charge is 0.507 e. The molecular formula is C69H76N3OPtSi-. The van der Waals surface area contributed by atoms with Gasteiger partial charge in [0.25, 0.3) is 0 Å². The van der Waals surface area contributed by atoms with Crippen molar-refractivity contribution in [3.63, 3.8) is 0 Å². The molecule has 0 unspecified atom stereocenters. The molecule has 9 aromatic rings. The number of imidazole rings is 1. The predicted octanol–water partition coefficient (Wildman–Crippen LogP) is 18.8. The van der Waals surface area contributed by atoms with Crippen molar-refractivity contribution in [2.75, 3.05) is 0 Å². The molecule has 9 rings (SSSR count). The summed E-state index contributed by atoms with van der Waals surface area (Å²) in [6, 6.07) is 58.2. The van der Waals surface area contributed by atoms with Crippen molar-refractivity contribution < 1.29 is 26.2 Å². The Morgan fingerprint density at radius 1 is 0.520 bits per heavy atom. The second kappa shape index (κ2) is 20.4. The maximum absolute atomic E-state index is 12.6. The number of para-hydroxylation sites is 1. The number of pyridine rings is 1. The molecule has 0 saturated heterocycles. The number of hydrogen-bond acceptors (Lipinski definition) is 3. The Morgan fingerprint density at radius 2 is 1.13 bits per heavy atom. The number of aromatic nitrogens is 3. The van der Waals surface area contributed by atoms with Crippen LogP contribution in [0.3, 0.4) is 0 Å². The van der Waals surface area contributed by atoms with E-state index in [0.29, 0.717) is 11.4 Å². The molecule has 4 nitrogen and oxygen atoms in total. The minimum absolute atomic E-state index is 0. The zero-order valence-electron chi connectivity index (χ0n) is 47.2. The molecule has 75 heavy (non-hydrogen) atoms. The second-order valence-corrected chi connectivity index (χ2v) is 31.5. The number of benzene rings is 7. The Kier molecular flexibility index (Phi) is 15.0. The van der Waals surface area contributed by atoms with Crippen molar-refractivity contribution in [1.29, 1.82) is 0 Å². The molecule has 0 aliphatic heterocycles. The van der Waals surface area contributed by atoms with E-state index in [4.69, 9.17) is 9.97 Å². The average Bonchev–Trinajstić information content (AvgIpc) is 3.72. The molecule has 0 amide bonds. The summed E-state index contributed by atoms with van der Waals surface area (Å²) in [6.45, 7) is 36.3. The van der Waals surface area contributed by atoms with Crippen molar-refractivity contribution in [1.82, 2.24) is 14.5 Å². The third kappa shape index (κ3) is 11.7.